The van der Waals surface area contributed by atoms with E-state index >= 15 is 0 Å². The lowest BCUT2D eigenvalue weighted by atomic mass is 9.47. The summed E-state index contributed by atoms with van der Waals surface area (Å²) in [5, 5.41) is 10.9. The molecule has 0 aromatic carbocycles. The lowest BCUT2D eigenvalue weighted by Gasteiger charge is -2.57. The van der Waals surface area contributed by atoms with Crippen molar-refractivity contribution in [2.45, 2.75) is 71.8 Å². The summed E-state index contributed by atoms with van der Waals surface area (Å²) in [7, 11) is 0. The van der Waals surface area contributed by atoms with Gasteiger partial charge in [-0.15, -0.1) is 0 Å². The van der Waals surface area contributed by atoms with Gasteiger partial charge in [-0.3, -0.25) is 9.59 Å². The number of carbonyl (C=O) groups is 2. The summed E-state index contributed by atoms with van der Waals surface area (Å²) in [6.45, 7) is 6.19. The summed E-state index contributed by atoms with van der Waals surface area (Å²) in [5.74, 6) is 2.01. The van der Waals surface area contributed by atoms with E-state index in [0.29, 0.717) is 30.0 Å². The Balaban J connectivity index is 1.68. The number of ketones is 2. The monoisotopic (exact) mass is 342 g/mol. The van der Waals surface area contributed by atoms with Crippen molar-refractivity contribution in [3.8, 4) is 0 Å². The van der Waals surface area contributed by atoms with E-state index in [0.717, 1.165) is 44.1 Å². The van der Waals surface area contributed by atoms with Crippen LogP contribution in [0.4, 0.5) is 0 Å². The molecule has 3 nitrogen and oxygen atoms in total. The first-order chi connectivity index (χ1) is 11.8. The third-order valence-corrected chi connectivity index (χ3v) is 8.22. The van der Waals surface area contributed by atoms with Gasteiger partial charge in [0.25, 0.3) is 0 Å². The minimum Gasteiger partial charge on any atom is -0.388 e. The standard InChI is InChI=1S/C22H30O3/c1-13(23)10-14-11-19-17-5-4-15-12-16(24)6-8-21(15,2)18(17)7-9-22(19,3)20(14)25/h10,12,17-20,25H,4-9,11H2,1-3H3/t17-,18+,19+,20+,21+,22+/m1/s1. The summed E-state index contributed by atoms with van der Waals surface area (Å²) in [4.78, 5) is 23.5. The van der Waals surface area contributed by atoms with E-state index < -0.39 is 6.10 Å². The van der Waals surface area contributed by atoms with Crippen molar-refractivity contribution in [3.05, 3.63) is 23.3 Å². The second kappa shape index (κ2) is 5.64. The molecule has 0 aliphatic heterocycles. The van der Waals surface area contributed by atoms with Crippen LogP contribution in [-0.2, 0) is 9.59 Å². The largest absolute Gasteiger partial charge is 0.388 e. The fraction of sp³-hybridized carbons (Fsp3) is 0.727. The molecule has 0 spiro atoms. The summed E-state index contributed by atoms with van der Waals surface area (Å²) in [5.41, 5.74) is 2.40. The molecule has 0 radical (unpaired) electrons. The van der Waals surface area contributed by atoms with Gasteiger partial charge >= 0.3 is 0 Å². The lowest BCUT2D eigenvalue weighted by molar-refractivity contribution is -0.118. The maximum absolute atomic E-state index is 11.9. The molecule has 0 amide bonds. The van der Waals surface area contributed by atoms with E-state index in [4.69, 9.17) is 0 Å². The maximum atomic E-state index is 11.9. The van der Waals surface area contributed by atoms with Crippen LogP contribution in [0.5, 0.6) is 0 Å². The van der Waals surface area contributed by atoms with E-state index in [9.17, 15) is 14.7 Å². The van der Waals surface area contributed by atoms with Crippen molar-refractivity contribution < 1.29 is 14.7 Å². The zero-order valence-electron chi connectivity index (χ0n) is 15.7. The summed E-state index contributed by atoms with van der Waals surface area (Å²) >= 11 is 0. The van der Waals surface area contributed by atoms with Crippen LogP contribution >= 0.6 is 0 Å². The number of fused-ring (bicyclic) bond motifs is 5. The van der Waals surface area contributed by atoms with E-state index in [1.807, 2.05) is 6.08 Å². The molecule has 3 heteroatoms. The summed E-state index contributed by atoms with van der Waals surface area (Å²) < 4.78 is 0. The molecule has 0 heterocycles. The molecule has 0 aromatic heterocycles. The quantitative estimate of drug-likeness (QED) is 0.733. The van der Waals surface area contributed by atoms with Crippen LogP contribution in [-0.4, -0.2) is 22.8 Å². The van der Waals surface area contributed by atoms with Crippen LogP contribution in [0.2, 0.25) is 0 Å². The third-order valence-electron chi connectivity index (χ3n) is 8.22. The number of hydrogen-bond acceptors (Lipinski definition) is 3. The van der Waals surface area contributed by atoms with Crippen LogP contribution in [0.3, 0.4) is 0 Å². The third kappa shape index (κ3) is 2.42. The fourth-order valence-electron chi connectivity index (χ4n) is 6.82. The highest BCUT2D eigenvalue weighted by Gasteiger charge is 2.59. The van der Waals surface area contributed by atoms with Crippen LogP contribution in [0.15, 0.2) is 23.3 Å². The maximum Gasteiger partial charge on any atom is 0.155 e. The molecule has 6 atom stereocenters. The average molecular weight is 342 g/mol. The fourth-order valence-corrected chi connectivity index (χ4v) is 6.82. The van der Waals surface area contributed by atoms with Crippen LogP contribution in [0.1, 0.15) is 65.7 Å². The number of carbonyl (C=O) groups excluding carboxylic acids is 2. The topological polar surface area (TPSA) is 54.4 Å². The van der Waals surface area contributed by atoms with E-state index in [1.54, 1.807) is 13.0 Å². The van der Waals surface area contributed by atoms with Gasteiger partial charge in [-0.05, 0) is 86.3 Å². The first-order valence-electron chi connectivity index (χ1n) is 9.89. The normalized spacial score (nSPS) is 47.8. The zero-order valence-corrected chi connectivity index (χ0v) is 15.7. The van der Waals surface area contributed by atoms with Crippen molar-refractivity contribution in [2.75, 3.05) is 0 Å². The van der Waals surface area contributed by atoms with Crippen molar-refractivity contribution in [1.29, 1.82) is 0 Å². The van der Waals surface area contributed by atoms with E-state index in [-0.39, 0.29) is 16.6 Å². The Bertz CT molecular complexity index is 687. The first kappa shape index (κ1) is 17.2. The molecule has 3 fully saturated rings. The van der Waals surface area contributed by atoms with E-state index in [1.165, 1.54) is 5.57 Å². The molecule has 4 aliphatic carbocycles. The summed E-state index contributed by atoms with van der Waals surface area (Å²) in [6.07, 6.45) is 9.99. The van der Waals surface area contributed by atoms with Gasteiger partial charge in [-0.25, -0.2) is 0 Å². The van der Waals surface area contributed by atoms with Gasteiger partial charge in [-0.1, -0.05) is 19.4 Å². The second-order valence-electron chi connectivity index (χ2n) is 9.45. The Morgan fingerprint density at radius 3 is 2.68 bits per heavy atom. The average Bonchev–Trinajstić information content (AvgIpc) is 2.79. The van der Waals surface area contributed by atoms with Crippen molar-refractivity contribution in [3.63, 3.8) is 0 Å². The number of aliphatic hydroxyl groups excluding tert-OH is 1. The molecule has 25 heavy (non-hydrogen) atoms. The van der Waals surface area contributed by atoms with Gasteiger partial charge in [0.15, 0.2) is 11.6 Å². The number of aliphatic hydroxyl groups is 1. The van der Waals surface area contributed by atoms with Gasteiger partial charge in [0.2, 0.25) is 0 Å². The van der Waals surface area contributed by atoms with Crippen molar-refractivity contribution >= 4 is 11.6 Å². The van der Waals surface area contributed by atoms with Gasteiger partial charge in [0.1, 0.15) is 0 Å². The van der Waals surface area contributed by atoms with Gasteiger partial charge in [0.05, 0.1) is 6.10 Å². The Hall–Kier alpha value is -1.22. The SMILES string of the molecule is CC(=O)C=C1C[C@H]2[C@@H]3CCC4=CC(=O)CC[C@]4(C)[C@H]3CC[C@]2(C)[C@H]1O. The molecule has 136 valence electrons. The Morgan fingerprint density at radius 1 is 1.20 bits per heavy atom. The molecule has 0 aromatic rings. The van der Waals surface area contributed by atoms with Crippen molar-refractivity contribution in [1.82, 2.24) is 0 Å². The Kier molecular flexibility index (Phi) is 3.88. The molecule has 4 aliphatic rings. The molecule has 0 bridgehead atoms. The Morgan fingerprint density at radius 2 is 1.96 bits per heavy atom. The lowest BCUT2D eigenvalue weighted by Crippen LogP contribution is -2.51. The first-order valence-corrected chi connectivity index (χ1v) is 9.89. The smallest absolute Gasteiger partial charge is 0.155 e. The molecule has 0 saturated heterocycles. The van der Waals surface area contributed by atoms with Gasteiger partial charge in [-0.2, -0.15) is 0 Å². The minimum absolute atomic E-state index is 0.0412. The minimum atomic E-state index is -0.472. The molecule has 0 unspecified atom stereocenters. The summed E-state index contributed by atoms with van der Waals surface area (Å²) in [6, 6.07) is 0. The van der Waals surface area contributed by atoms with Crippen molar-refractivity contribution in [2.24, 2.45) is 28.6 Å². The molecular formula is C22H30O3. The number of rotatable bonds is 1. The second-order valence-corrected chi connectivity index (χ2v) is 9.45. The highest BCUT2D eigenvalue weighted by molar-refractivity contribution is 5.91. The van der Waals surface area contributed by atoms with Gasteiger partial charge < -0.3 is 5.11 Å². The predicted octanol–water partition coefficient (Wildman–Crippen LogP) is 4.00. The predicted molar refractivity (Wildman–Crippen MR) is 96.9 cm³/mol. The zero-order chi connectivity index (χ0) is 18.0. The van der Waals surface area contributed by atoms with E-state index in [2.05, 4.69) is 13.8 Å². The molecular weight excluding hydrogens is 312 g/mol. The highest BCUT2D eigenvalue weighted by Crippen LogP contribution is 2.65. The molecule has 1 N–H and O–H groups in total. The van der Waals surface area contributed by atoms with Gasteiger partial charge in [0, 0.05) is 11.8 Å². The van der Waals surface area contributed by atoms with Crippen LogP contribution in [0.25, 0.3) is 0 Å². The number of allylic oxidation sites excluding steroid dienone is 2. The number of hydrogen-bond donors (Lipinski definition) is 1. The Labute approximate surface area is 150 Å². The highest BCUT2D eigenvalue weighted by atomic mass is 16.3. The molecule has 3 saturated carbocycles. The van der Waals surface area contributed by atoms with Crippen LogP contribution < -0.4 is 0 Å². The molecule has 4 rings (SSSR count). The van der Waals surface area contributed by atoms with Crippen LogP contribution in [0, 0.1) is 28.6 Å².